The first-order valence-electron chi connectivity index (χ1n) is 19.3. The van der Waals surface area contributed by atoms with Gasteiger partial charge in [-0.2, -0.15) is 0 Å². The number of benzene rings is 7. The molecule has 0 spiro atoms. The van der Waals surface area contributed by atoms with Crippen LogP contribution in [0.15, 0.2) is 200 Å². The zero-order valence-electron chi connectivity index (χ0n) is 31.2. The van der Waals surface area contributed by atoms with Crippen LogP contribution in [0.4, 0.5) is 0 Å². The summed E-state index contributed by atoms with van der Waals surface area (Å²) in [6.45, 7) is 0. The predicted molar refractivity (Wildman–Crippen MR) is 232 cm³/mol. The van der Waals surface area contributed by atoms with E-state index in [9.17, 15) is 0 Å². The number of rotatable bonds is 9. The van der Waals surface area contributed by atoms with Crippen LogP contribution in [0.5, 0.6) is 0 Å². The van der Waals surface area contributed by atoms with Gasteiger partial charge in [-0.3, -0.25) is 0 Å². The molecule has 0 fully saturated rings. The van der Waals surface area contributed by atoms with E-state index in [2.05, 4.69) is 188 Å². The van der Waals surface area contributed by atoms with Gasteiger partial charge >= 0.3 is 0 Å². The van der Waals surface area contributed by atoms with Crippen molar-refractivity contribution in [1.82, 2.24) is 5.32 Å². The Balaban J connectivity index is 1.12. The molecule has 0 radical (unpaired) electrons. The predicted octanol–water partition coefficient (Wildman–Crippen LogP) is 12.6. The molecule has 0 heterocycles. The molecule has 55 heavy (non-hydrogen) atoms. The smallest absolute Gasteiger partial charge is 0.0867 e. The minimum absolute atomic E-state index is 0.581. The highest BCUT2D eigenvalue weighted by Crippen LogP contribution is 2.48. The Bertz CT molecular complexity index is 2520. The van der Waals surface area contributed by atoms with Crippen molar-refractivity contribution in [3.05, 3.63) is 222 Å². The fraction of sp³-hybridized carbons (Fsp3) is 0.0943. The molecule has 0 bridgehead atoms. The SMILES string of the molecule is CNC(/C=C(\N)c1ccccc1)(C1=CC=CCC1)c1cccc2c1-c1cc(-c3ccc(-c4cc(-c5ccccc5)cc(-c5ccccc5)c4)cc3)ccc1C2. The van der Waals surface area contributed by atoms with Crippen molar-refractivity contribution in [1.29, 1.82) is 0 Å². The minimum atomic E-state index is -0.581. The summed E-state index contributed by atoms with van der Waals surface area (Å²) in [4.78, 5) is 0. The number of nitrogens with one attached hydrogen (secondary N) is 1. The Morgan fingerprint density at radius 2 is 1.13 bits per heavy atom. The monoisotopic (exact) mass is 708 g/mol. The Labute approximate surface area is 325 Å². The largest absolute Gasteiger partial charge is 0.398 e. The molecule has 2 nitrogen and oxygen atoms in total. The summed E-state index contributed by atoms with van der Waals surface area (Å²) in [6.07, 6.45) is 11.8. The fourth-order valence-electron chi connectivity index (χ4n) is 8.58. The molecule has 0 saturated carbocycles. The number of allylic oxidation sites excluding steroid dienone is 3. The number of hydrogen-bond acceptors (Lipinski definition) is 2. The van der Waals surface area contributed by atoms with E-state index < -0.39 is 5.54 Å². The van der Waals surface area contributed by atoms with Crippen LogP contribution in [0, 0.1) is 0 Å². The summed E-state index contributed by atoms with van der Waals surface area (Å²) in [5.74, 6) is 0. The molecule has 0 amide bonds. The highest BCUT2D eigenvalue weighted by atomic mass is 14.9. The van der Waals surface area contributed by atoms with Crippen LogP contribution in [0.2, 0.25) is 0 Å². The van der Waals surface area contributed by atoms with Crippen molar-refractivity contribution in [2.24, 2.45) is 5.73 Å². The van der Waals surface area contributed by atoms with Gasteiger partial charge in [0, 0.05) is 5.70 Å². The zero-order chi connectivity index (χ0) is 37.2. The van der Waals surface area contributed by atoms with E-state index in [0.717, 1.165) is 30.5 Å². The first-order chi connectivity index (χ1) is 27.1. The van der Waals surface area contributed by atoms with E-state index in [-0.39, 0.29) is 0 Å². The second-order valence-corrected chi connectivity index (χ2v) is 14.7. The van der Waals surface area contributed by atoms with Gasteiger partial charge in [-0.15, -0.1) is 0 Å². The van der Waals surface area contributed by atoms with E-state index in [4.69, 9.17) is 5.73 Å². The number of likely N-dealkylation sites (N-methyl/N-ethyl adjacent to an activating group) is 1. The summed E-state index contributed by atoms with van der Waals surface area (Å²) in [7, 11) is 2.07. The highest BCUT2D eigenvalue weighted by molar-refractivity contribution is 5.87. The van der Waals surface area contributed by atoms with E-state index in [1.165, 1.54) is 77.9 Å². The second-order valence-electron chi connectivity index (χ2n) is 14.7. The van der Waals surface area contributed by atoms with Gasteiger partial charge in [-0.25, -0.2) is 0 Å². The molecule has 266 valence electrons. The number of fused-ring (bicyclic) bond motifs is 3. The molecule has 1 atom stereocenters. The van der Waals surface area contributed by atoms with E-state index in [0.29, 0.717) is 0 Å². The maximum absolute atomic E-state index is 6.95. The van der Waals surface area contributed by atoms with Gasteiger partial charge in [0.25, 0.3) is 0 Å². The van der Waals surface area contributed by atoms with Crippen molar-refractivity contribution in [3.8, 4) is 55.6 Å². The van der Waals surface area contributed by atoms with Crippen molar-refractivity contribution in [2.75, 3.05) is 7.05 Å². The lowest BCUT2D eigenvalue weighted by molar-refractivity contribution is 0.514. The molecular weight excluding hydrogens is 665 g/mol. The molecule has 0 aliphatic heterocycles. The first kappa shape index (κ1) is 34.3. The third kappa shape index (κ3) is 6.56. The maximum atomic E-state index is 6.95. The Morgan fingerprint density at radius 3 is 1.71 bits per heavy atom. The number of nitrogens with two attached hydrogens (primary N) is 1. The van der Waals surface area contributed by atoms with Gasteiger partial charge in [0.2, 0.25) is 0 Å². The fourth-order valence-corrected chi connectivity index (χ4v) is 8.58. The lowest BCUT2D eigenvalue weighted by Crippen LogP contribution is -2.41. The van der Waals surface area contributed by atoms with Gasteiger partial charge in [-0.05, 0) is 140 Å². The summed E-state index contributed by atoms with van der Waals surface area (Å²) >= 11 is 0. The van der Waals surface area contributed by atoms with Crippen molar-refractivity contribution in [2.45, 2.75) is 24.8 Å². The molecule has 7 aromatic carbocycles. The van der Waals surface area contributed by atoms with Gasteiger partial charge < -0.3 is 11.1 Å². The molecule has 0 aromatic heterocycles. The van der Waals surface area contributed by atoms with Gasteiger partial charge in [-0.1, -0.05) is 164 Å². The van der Waals surface area contributed by atoms with Crippen LogP contribution >= 0.6 is 0 Å². The third-order valence-electron chi connectivity index (χ3n) is 11.4. The zero-order valence-corrected chi connectivity index (χ0v) is 31.2. The normalized spacial score (nSPS) is 14.5. The van der Waals surface area contributed by atoms with Gasteiger partial charge in [0.1, 0.15) is 0 Å². The molecule has 3 N–H and O–H groups in total. The Kier molecular flexibility index (Phi) is 9.19. The van der Waals surface area contributed by atoms with Gasteiger partial charge in [0.15, 0.2) is 0 Å². The van der Waals surface area contributed by atoms with Crippen LogP contribution in [-0.4, -0.2) is 7.05 Å². The van der Waals surface area contributed by atoms with Crippen molar-refractivity contribution < 1.29 is 0 Å². The summed E-state index contributed by atoms with van der Waals surface area (Å²) in [6, 6.07) is 61.5. The van der Waals surface area contributed by atoms with Crippen LogP contribution < -0.4 is 11.1 Å². The molecule has 2 heteroatoms. The first-order valence-corrected chi connectivity index (χ1v) is 19.3. The van der Waals surface area contributed by atoms with Crippen LogP contribution in [0.1, 0.15) is 35.1 Å². The van der Waals surface area contributed by atoms with Crippen LogP contribution in [-0.2, 0) is 12.0 Å². The highest BCUT2D eigenvalue weighted by Gasteiger charge is 2.37. The average Bonchev–Trinajstić information content (AvgIpc) is 3.65. The Hall–Kier alpha value is -6.48. The summed E-state index contributed by atoms with van der Waals surface area (Å²) in [5.41, 5.74) is 25.7. The topological polar surface area (TPSA) is 38.0 Å². The van der Waals surface area contributed by atoms with Crippen molar-refractivity contribution in [3.63, 3.8) is 0 Å². The summed E-state index contributed by atoms with van der Waals surface area (Å²) in [5, 5.41) is 3.80. The molecular formula is C53H44N2. The van der Waals surface area contributed by atoms with E-state index >= 15 is 0 Å². The minimum Gasteiger partial charge on any atom is -0.398 e. The van der Waals surface area contributed by atoms with Crippen LogP contribution in [0.25, 0.3) is 61.3 Å². The second kappa shape index (κ2) is 14.7. The van der Waals surface area contributed by atoms with Gasteiger partial charge in [0.05, 0.1) is 5.54 Å². The van der Waals surface area contributed by atoms with E-state index in [1.807, 2.05) is 18.2 Å². The lowest BCUT2D eigenvalue weighted by atomic mass is 9.75. The molecule has 0 saturated heterocycles. The maximum Gasteiger partial charge on any atom is 0.0867 e. The molecule has 7 aromatic rings. The quantitative estimate of drug-likeness (QED) is 0.157. The standard InChI is InChI=1S/C53H44N2/c1-55-53(48-22-12-5-13-23-48,36-51(54)41-19-10-4-11-20-41)50-24-14-21-44-31-43-30-29-42(35-49(43)52(44)50)39-25-27-40(28-26-39)47-33-45(37-15-6-2-7-16-37)32-46(34-47)38-17-8-3-9-18-38/h2-12,14-22,24-30,32-36,55H,13,23,31,54H2,1H3/b51-36-. The molecule has 9 rings (SSSR count). The molecule has 2 aliphatic rings. The summed E-state index contributed by atoms with van der Waals surface area (Å²) < 4.78 is 0. The average molecular weight is 709 g/mol. The molecule has 2 aliphatic carbocycles. The van der Waals surface area contributed by atoms with E-state index in [1.54, 1.807) is 0 Å². The third-order valence-corrected chi connectivity index (χ3v) is 11.4. The molecule has 1 unspecified atom stereocenters. The lowest BCUT2D eigenvalue weighted by Gasteiger charge is -2.37. The Morgan fingerprint density at radius 1 is 0.564 bits per heavy atom. The number of hydrogen-bond donors (Lipinski definition) is 2. The van der Waals surface area contributed by atoms with Crippen molar-refractivity contribution >= 4 is 5.70 Å². The van der Waals surface area contributed by atoms with Crippen LogP contribution in [0.3, 0.4) is 0 Å².